The van der Waals surface area contributed by atoms with Gasteiger partial charge in [-0.05, 0) is 11.1 Å². The summed E-state index contributed by atoms with van der Waals surface area (Å²) in [7, 11) is 0. The summed E-state index contributed by atoms with van der Waals surface area (Å²) in [5, 5.41) is 32.4. The van der Waals surface area contributed by atoms with Crippen LogP contribution in [-0.4, -0.2) is 65.6 Å². The maximum atomic E-state index is 12.6. The fourth-order valence-corrected chi connectivity index (χ4v) is 3.84. The molecular weight excluding hydrogens is 398 g/mol. The predicted octanol–water partition coefficient (Wildman–Crippen LogP) is 1.42. The number of amides is 1. The highest BCUT2D eigenvalue weighted by molar-refractivity contribution is 5.77. The molecule has 0 bridgehead atoms. The molecule has 7 heteroatoms. The van der Waals surface area contributed by atoms with Crippen LogP contribution >= 0.6 is 0 Å². The quantitative estimate of drug-likeness (QED) is 0.449. The van der Waals surface area contributed by atoms with E-state index in [9.17, 15) is 20.1 Å². The Kier molecular flexibility index (Phi) is 8.57. The zero-order chi connectivity index (χ0) is 22.2. The lowest BCUT2D eigenvalue weighted by Crippen LogP contribution is -2.55. The minimum Gasteiger partial charge on any atom is -0.394 e. The molecule has 1 aliphatic heterocycles. The predicted molar refractivity (Wildman–Crippen MR) is 115 cm³/mol. The molecule has 1 aliphatic rings. The summed E-state index contributed by atoms with van der Waals surface area (Å²) in [6, 6.07) is 19.8. The van der Waals surface area contributed by atoms with Gasteiger partial charge in [0.05, 0.1) is 25.4 Å². The van der Waals surface area contributed by atoms with Crippen molar-refractivity contribution in [3.05, 3.63) is 71.8 Å². The van der Waals surface area contributed by atoms with Gasteiger partial charge in [0.25, 0.3) is 0 Å². The van der Waals surface area contributed by atoms with E-state index in [1.54, 1.807) is 6.92 Å². The van der Waals surface area contributed by atoms with Crippen molar-refractivity contribution in [2.24, 2.45) is 5.92 Å². The average Bonchev–Trinajstić information content (AvgIpc) is 2.81. The minimum atomic E-state index is -1.21. The van der Waals surface area contributed by atoms with Gasteiger partial charge in [-0.15, -0.1) is 0 Å². The van der Waals surface area contributed by atoms with Crippen molar-refractivity contribution in [2.45, 2.75) is 43.9 Å². The lowest BCUT2D eigenvalue weighted by Gasteiger charge is -2.40. The molecule has 5 atom stereocenters. The molecule has 7 nitrogen and oxygen atoms in total. The fourth-order valence-electron chi connectivity index (χ4n) is 3.84. The Morgan fingerprint density at radius 2 is 1.61 bits per heavy atom. The van der Waals surface area contributed by atoms with Crippen molar-refractivity contribution < 1.29 is 29.6 Å². The Bertz CT molecular complexity index is 761. The van der Waals surface area contributed by atoms with Crippen LogP contribution in [0.2, 0.25) is 0 Å². The van der Waals surface area contributed by atoms with E-state index in [0.29, 0.717) is 6.42 Å². The number of rotatable bonds is 9. The Balaban J connectivity index is 1.51. The Labute approximate surface area is 182 Å². The summed E-state index contributed by atoms with van der Waals surface area (Å²) in [5.41, 5.74) is 2.13. The number of ether oxygens (including phenoxy) is 2. The number of hydrogen-bond acceptors (Lipinski definition) is 6. The van der Waals surface area contributed by atoms with Crippen LogP contribution in [-0.2, 0) is 14.3 Å². The van der Waals surface area contributed by atoms with Crippen LogP contribution in [0.25, 0.3) is 0 Å². The molecule has 1 amide bonds. The second kappa shape index (κ2) is 11.4. The molecule has 0 radical (unpaired) electrons. The smallest absolute Gasteiger partial charge is 0.221 e. The highest BCUT2D eigenvalue weighted by Crippen LogP contribution is 2.28. The van der Waals surface area contributed by atoms with E-state index >= 15 is 0 Å². The summed E-state index contributed by atoms with van der Waals surface area (Å²) in [4.78, 5) is 12.6. The zero-order valence-electron chi connectivity index (χ0n) is 17.6. The van der Waals surface area contributed by atoms with Crippen LogP contribution < -0.4 is 5.32 Å². The summed E-state index contributed by atoms with van der Waals surface area (Å²) < 4.78 is 11.0. The third kappa shape index (κ3) is 6.12. The van der Waals surface area contributed by atoms with Gasteiger partial charge in [0.15, 0.2) is 6.29 Å². The molecule has 2 aromatic rings. The highest BCUT2D eigenvalue weighted by Gasteiger charge is 2.42. The van der Waals surface area contributed by atoms with Crippen molar-refractivity contribution in [1.29, 1.82) is 0 Å². The minimum absolute atomic E-state index is 0.0613. The van der Waals surface area contributed by atoms with Crippen LogP contribution in [0.15, 0.2) is 60.7 Å². The van der Waals surface area contributed by atoms with Gasteiger partial charge in [-0.3, -0.25) is 4.79 Å². The third-order valence-corrected chi connectivity index (χ3v) is 5.74. The maximum absolute atomic E-state index is 12.6. The van der Waals surface area contributed by atoms with E-state index in [0.717, 1.165) is 11.1 Å². The Hall–Kier alpha value is -2.29. The number of nitrogens with one attached hydrogen (secondary N) is 1. The van der Waals surface area contributed by atoms with Gasteiger partial charge in [0, 0.05) is 24.8 Å². The number of aliphatic hydroxyl groups excluding tert-OH is 3. The molecule has 2 aromatic carbocycles. The SMILES string of the molecule is C[C@H]1C(CO)O[C@H](OCCNC(=O)CC(c2ccccc2)c2ccccc2)[C@H](O)C1O. The van der Waals surface area contributed by atoms with E-state index in [2.05, 4.69) is 5.32 Å². The lowest BCUT2D eigenvalue weighted by atomic mass is 9.88. The van der Waals surface area contributed by atoms with E-state index < -0.39 is 30.5 Å². The summed E-state index contributed by atoms with van der Waals surface area (Å²) in [6.07, 6.45) is -3.64. The zero-order valence-corrected chi connectivity index (χ0v) is 17.6. The molecule has 0 aromatic heterocycles. The molecule has 31 heavy (non-hydrogen) atoms. The maximum Gasteiger partial charge on any atom is 0.221 e. The molecule has 4 N–H and O–H groups in total. The normalized spacial score (nSPS) is 26.0. The fraction of sp³-hybridized carbons (Fsp3) is 0.458. The number of carbonyl (C=O) groups is 1. The van der Waals surface area contributed by atoms with E-state index in [-0.39, 0.29) is 31.6 Å². The van der Waals surface area contributed by atoms with Crippen molar-refractivity contribution in [3.8, 4) is 0 Å². The Morgan fingerprint density at radius 1 is 1.03 bits per heavy atom. The summed E-state index contributed by atoms with van der Waals surface area (Å²) >= 11 is 0. The number of hydrogen-bond donors (Lipinski definition) is 4. The van der Waals surface area contributed by atoms with Crippen LogP contribution in [0.4, 0.5) is 0 Å². The first kappa shape index (κ1) is 23.4. The molecule has 2 unspecified atom stereocenters. The molecule has 1 fully saturated rings. The van der Waals surface area contributed by atoms with Gasteiger partial charge in [-0.25, -0.2) is 0 Å². The number of benzene rings is 2. The monoisotopic (exact) mass is 429 g/mol. The van der Waals surface area contributed by atoms with Gasteiger partial charge >= 0.3 is 0 Å². The lowest BCUT2D eigenvalue weighted by molar-refractivity contribution is -0.287. The highest BCUT2D eigenvalue weighted by atomic mass is 16.7. The van der Waals surface area contributed by atoms with Crippen molar-refractivity contribution >= 4 is 5.91 Å². The molecule has 1 heterocycles. The first-order valence-corrected chi connectivity index (χ1v) is 10.6. The topological polar surface area (TPSA) is 108 Å². The number of aliphatic hydroxyl groups is 3. The molecule has 0 saturated carbocycles. The van der Waals surface area contributed by atoms with Gasteiger partial charge < -0.3 is 30.1 Å². The van der Waals surface area contributed by atoms with Crippen LogP contribution in [0, 0.1) is 5.92 Å². The molecule has 0 aliphatic carbocycles. The van der Waals surface area contributed by atoms with Gasteiger partial charge in [-0.2, -0.15) is 0 Å². The Morgan fingerprint density at radius 3 is 2.16 bits per heavy atom. The van der Waals surface area contributed by atoms with Crippen molar-refractivity contribution in [1.82, 2.24) is 5.32 Å². The molecule has 3 rings (SSSR count). The molecule has 1 saturated heterocycles. The van der Waals surface area contributed by atoms with Crippen LogP contribution in [0.1, 0.15) is 30.4 Å². The standard InChI is InChI=1S/C24H31NO6/c1-16-20(15-26)31-24(23(29)22(16)28)30-13-12-25-21(27)14-19(17-8-4-2-5-9-17)18-10-6-3-7-11-18/h2-11,16,19-20,22-24,26,28-29H,12-15H2,1H3,(H,25,27)/t16-,20?,22?,23+,24-/m0/s1. The van der Waals surface area contributed by atoms with Crippen molar-refractivity contribution in [2.75, 3.05) is 19.8 Å². The molecule has 168 valence electrons. The summed E-state index contributed by atoms with van der Waals surface area (Å²) in [5.74, 6) is -0.588. The van der Waals surface area contributed by atoms with E-state index in [1.807, 2.05) is 60.7 Å². The van der Waals surface area contributed by atoms with Gasteiger partial charge in [0.1, 0.15) is 6.10 Å². The average molecular weight is 430 g/mol. The number of carbonyl (C=O) groups excluding carboxylic acids is 1. The third-order valence-electron chi connectivity index (χ3n) is 5.74. The largest absolute Gasteiger partial charge is 0.394 e. The second-order valence-corrected chi connectivity index (χ2v) is 7.86. The first-order chi connectivity index (χ1) is 15.0. The molecular formula is C24H31NO6. The van der Waals surface area contributed by atoms with Gasteiger partial charge in [-0.1, -0.05) is 67.6 Å². The van der Waals surface area contributed by atoms with E-state index in [1.165, 1.54) is 0 Å². The van der Waals surface area contributed by atoms with Gasteiger partial charge in [0.2, 0.25) is 5.91 Å². The van der Waals surface area contributed by atoms with Crippen LogP contribution in [0.3, 0.4) is 0 Å². The van der Waals surface area contributed by atoms with Crippen LogP contribution in [0.5, 0.6) is 0 Å². The summed E-state index contributed by atoms with van der Waals surface area (Å²) in [6.45, 7) is 1.76. The second-order valence-electron chi connectivity index (χ2n) is 7.86. The molecule has 0 spiro atoms. The first-order valence-electron chi connectivity index (χ1n) is 10.6. The van der Waals surface area contributed by atoms with E-state index in [4.69, 9.17) is 9.47 Å². The van der Waals surface area contributed by atoms with Crippen molar-refractivity contribution in [3.63, 3.8) is 0 Å².